The summed E-state index contributed by atoms with van der Waals surface area (Å²) in [6, 6.07) is 0.173. The SMILES string of the molecule is C[C@H]1COC2=CC(C(=O)NO)CC=C2CN1C(=O)NC1CCCCC1. The summed E-state index contributed by atoms with van der Waals surface area (Å²) in [6.07, 6.45) is 9.85. The van der Waals surface area contributed by atoms with Crippen molar-refractivity contribution in [3.05, 3.63) is 23.5 Å². The van der Waals surface area contributed by atoms with Crippen molar-refractivity contribution in [2.75, 3.05) is 13.2 Å². The highest BCUT2D eigenvalue weighted by molar-refractivity contribution is 5.80. The molecule has 1 aliphatic heterocycles. The molecule has 0 aromatic heterocycles. The zero-order valence-electron chi connectivity index (χ0n) is 14.7. The zero-order valence-corrected chi connectivity index (χ0v) is 14.7. The molecule has 2 aliphatic carbocycles. The molecule has 0 bridgehead atoms. The number of nitrogens with zero attached hydrogens (tertiary/aromatic N) is 1. The molecule has 1 saturated carbocycles. The standard InChI is InChI=1S/C18H27N3O4/c1-12-11-25-16-9-13(17(22)20-24)7-8-14(16)10-21(12)18(23)19-15-5-3-2-4-6-15/h8-9,12-13,15,24H,2-7,10-11H2,1H3,(H,19,23)(H,20,22)/t12-,13?/m0/s1. The van der Waals surface area contributed by atoms with Crippen LogP contribution in [0.2, 0.25) is 0 Å². The topological polar surface area (TPSA) is 90.9 Å². The summed E-state index contributed by atoms with van der Waals surface area (Å²) < 4.78 is 5.82. The van der Waals surface area contributed by atoms with Gasteiger partial charge >= 0.3 is 6.03 Å². The van der Waals surface area contributed by atoms with Crippen LogP contribution in [0.15, 0.2) is 23.5 Å². The summed E-state index contributed by atoms with van der Waals surface area (Å²) in [7, 11) is 0. The molecule has 3 rings (SSSR count). The predicted molar refractivity (Wildman–Crippen MR) is 91.7 cm³/mol. The quantitative estimate of drug-likeness (QED) is 0.526. The van der Waals surface area contributed by atoms with Crippen LogP contribution in [-0.4, -0.2) is 47.3 Å². The molecule has 0 radical (unpaired) electrons. The van der Waals surface area contributed by atoms with Gasteiger partial charge in [-0.05, 0) is 32.3 Å². The molecule has 1 saturated heterocycles. The number of ether oxygens (including phenoxy) is 1. The number of amides is 3. The van der Waals surface area contributed by atoms with Crippen LogP contribution in [-0.2, 0) is 9.53 Å². The fraction of sp³-hybridized carbons (Fsp3) is 0.667. The smallest absolute Gasteiger partial charge is 0.318 e. The number of urea groups is 1. The molecule has 0 spiro atoms. The van der Waals surface area contributed by atoms with Crippen molar-refractivity contribution in [2.45, 2.75) is 57.5 Å². The van der Waals surface area contributed by atoms with Crippen molar-refractivity contribution < 1.29 is 19.5 Å². The number of hydrogen-bond donors (Lipinski definition) is 3. The number of allylic oxidation sites excluding steroid dienone is 1. The molecule has 1 heterocycles. The molecule has 3 aliphatic rings. The van der Waals surface area contributed by atoms with E-state index in [1.807, 2.05) is 17.9 Å². The molecule has 25 heavy (non-hydrogen) atoms. The van der Waals surface area contributed by atoms with Gasteiger partial charge in [0.1, 0.15) is 12.4 Å². The lowest BCUT2D eigenvalue weighted by atomic mass is 9.94. The number of rotatable bonds is 2. The fourth-order valence-corrected chi connectivity index (χ4v) is 3.69. The van der Waals surface area contributed by atoms with Crippen molar-refractivity contribution in [2.24, 2.45) is 5.92 Å². The van der Waals surface area contributed by atoms with Crippen LogP contribution in [0, 0.1) is 5.92 Å². The highest BCUT2D eigenvalue weighted by Crippen LogP contribution is 2.28. The molecular formula is C18H27N3O4. The van der Waals surface area contributed by atoms with Crippen molar-refractivity contribution in [3.8, 4) is 0 Å². The number of carbonyl (C=O) groups is 2. The first-order valence-electron chi connectivity index (χ1n) is 9.13. The van der Waals surface area contributed by atoms with Crippen LogP contribution < -0.4 is 10.8 Å². The summed E-state index contributed by atoms with van der Waals surface area (Å²) in [5.74, 6) is -0.253. The van der Waals surface area contributed by atoms with Crippen LogP contribution in [0.5, 0.6) is 0 Å². The Balaban J connectivity index is 1.67. The molecule has 0 aromatic carbocycles. The Morgan fingerprint density at radius 3 is 2.76 bits per heavy atom. The first-order valence-corrected chi connectivity index (χ1v) is 9.13. The fourth-order valence-electron chi connectivity index (χ4n) is 3.69. The Labute approximate surface area is 148 Å². The van der Waals surface area contributed by atoms with Crippen LogP contribution in [0.1, 0.15) is 45.4 Å². The van der Waals surface area contributed by atoms with Gasteiger partial charge in [0.15, 0.2) is 0 Å². The van der Waals surface area contributed by atoms with Gasteiger partial charge < -0.3 is 15.0 Å². The van der Waals surface area contributed by atoms with Gasteiger partial charge in [-0.25, -0.2) is 10.3 Å². The number of hydroxylamine groups is 1. The maximum Gasteiger partial charge on any atom is 0.318 e. The molecule has 2 fully saturated rings. The van der Waals surface area contributed by atoms with Crippen LogP contribution in [0.4, 0.5) is 4.79 Å². The molecule has 3 amide bonds. The predicted octanol–water partition coefficient (Wildman–Crippen LogP) is 2.08. The number of nitrogens with one attached hydrogen (secondary N) is 2. The molecule has 7 nitrogen and oxygen atoms in total. The van der Waals surface area contributed by atoms with Gasteiger partial charge in [0.25, 0.3) is 5.91 Å². The minimum absolute atomic E-state index is 0.0413. The van der Waals surface area contributed by atoms with Crippen LogP contribution >= 0.6 is 0 Å². The van der Waals surface area contributed by atoms with Gasteiger partial charge in [-0.15, -0.1) is 0 Å². The summed E-state index contributed by atoms with van der Waals surface area (Å²) >= 11 is 0. The summed E-state index contributed by atoms with van der Waals surface area (Å²) in [6.45, 7) is 2.82. The number of carbonyl (C=O) groups excluding carboxylic acids is 2. The minimum atomic E-state index is -0.449. The third kappa shape index (κ3) is 4.15. The van der Waals surface area contributed by atoms with Gasteiger partial charge in [0.2, 0.25) is 0 Å². The maximum atomic E-state index is 12.7. The van der Waals surface area contributed by atoms with E-state index >= 15 is 0 Å². The second-order valence-electron chi connectivity index (χ2n) is 7.15. The number of fused-ring (bicyclic) bond motifs is 1. The van der Waals surface area contributed by atoms with E-state index in [-0.39, 0.29) is 18.1 Å². The highest BCUT2D eigenvalue weighted by Gasteiger charge is 2.31. The first kappa shape index (κ1) is 17.8. The van der Waals surface area contributed by atoms with Crippen molar-refractivity contribution >= 4 is 11.9 Å². The largest absolute Gasteiger partial charge is 0.491 e. The monoisotopic (exact) mass is 349 g/mol. The molecule has 7 heteroatoms. The van der Waals surface area contributed by atoms with E-state index in [0.29, 0.717) is 25.3 Å². The third-order valence-electron chi connectivity index (χ3n) is 5.28. The lowest BCUT2D eigenvalue weighted by Gasteiger charge is -2.30. The lowest BCUT2D eigenvalue weighted by Crippen LogP contribution is -2.49. The summed E-state index contributed by atoms with van der Waals surface area (Å²) in [4.78, 5) is 26.2. The lowest BCUT2D eigenvalue weighted by molar-refractivity contribution is -0.131. The van der Waals surface area contributed by atoms with Gasteiger partial charge in [-0.2, -0.15) is 0 Å². The highest BCUT2D eigenvalue weighted by atomic mass is 16.5. The van der Waals surface area contributed by atoms with Crippen molar-refractivity contribution in [1.82, 2.24) is 15.7 Å². The zero-order chi connectivity index (χ0) is 17.8. The van der Waals surface area contributed by atoms with E-state index in [1.54, 1.807) is 11.6 Å². The molecule has 1 unspecified atom stereocenters. The van der Waals surface area contributed by atoms with E-state index in [2.05, 4.69) is 5.32 Å². The van der Waals surface area contributed by atoms with E-state index in [0.717, 1.165) is 18.4 Å². The third-order valence-corrected chi connectivity index (χ3v) is 5.28. The van der Waals surface area contributed by atoms with Crippen LogP contribution in [0.25, 0.3) is 0 Å². The Bertz CT molecular complexity index is 581. The summed E-state index contributed by atoms with van der Waals surface area (Å²) in [5, 5.41) is 12.0. The molecular weight excluding hydrogens is 322 g/mol. The normalized spacial score (nSPS) is 27.2. The second-order valence-corrected chi connectivity index (χ2v) is 7.15. The molecule has 0 aromatic rings. The minimum Gasteiger partial charge on any atom is -0.491 e. The average Bonchev–Trinajstić information content (AvgIpc) is 2.80. The Kier molecular flexibility index (Phi) is 5.63. The van der Waals surface area contributed by atoms with Gasteiger partial charge in [-0.1, -0.05) is 25.3 Å². The van der Waals surface area contributed by atoms with E-state index in [1.165, 1.54) is 19.3 Å². The summed E-state index contributed by atoms with van der Waals surface area (Å²) in [5.41, 5.74) is 2.61. The van der Waals surface area contributed by atoms with Gasteiger partial charge in [-0.3, -0.25) is 10.0 Å². The van der Waals surface area contributed by atoms with Crippen molar-refractivity contribution in [1.29, 1.82) is 0 Å². The van der Waals surface area contributed by atoms with Crippen LogP contribution in [0.3, 0.4) is 0 Å². The van der Waals surface area contributed by atoms with Crippen molar-refractivity contribution in [3.63, 3.8) is 0 Å². The molecule has 2 atom stereocenters. The first-order chi connectivity index (χ1) is 12.1. The molecule has 138 valence electrons. The number of hydrogen-bond acceptors (Lipinski definition) is 4. The van der Waals surface area contributed by atoms with Gasteiger partial charge in [0.05, 0.1) is 18.5 Å². The van der Waals surface area contributed by atoms with E-state index in [4.69, 9.17) is 9.94 Å². The van der Waals surface area contributed by atoms with Gasteiger partial charge in [0, 0.05) is 11.6 Å². The Morgan fingerprint density at radius 2 is 2.04 bits per heavy atom. The average molecular weight is 349 g/mol. The Morgan fingerprint density at radius 1 is 1.28 bits per heavy atom. The molecule has 3 N–H and O–H groups in total. The van der Waals surface area contributed by atoms with E-state index < -0.39 is 11.8 Å². The second kappa shape index (κ2) is 7.91. The van der Waals surface area contributed by atoms with E-state index in [9.17, 15) is 9.59 Å². The Hall–Kier alpha value is -2.02. The maximum absolute atomic E-state index is 12.7.